The summed E-state index contributed by atoms with van der Waals surface area (Å²) in [6.45, 7) is 1.79. The summed E-state index contributed by atoms with van der Waals surface area (Å²) in [7, 11) is 0. The van der Waals surface area contributed by atoms with Crippen LogP contribution in [0.5, 0.6) is 11.5 Å². The van der Waals surface area contributed by atoms with E-state index in [2.05, 4.69) is 15.5 Å². The quantitative estimate of drug-likeness (QED) is 0.265. The number of hydrogen-bond donors (Lipinski definition) is 1. The summed E-state index contributed by atoms with van der Waals surface area (Å²) in [4.78, 5) is 27.2. The Morgan fingerprint density at radius 1 is 1.03 bits per heavy atom. The van der Waals surface area contributed by atoms with Gasteiger partial charge in [0.25, 0.3) is 11.6 Å². The van der Waals surface area contributed by atoms with Crippen molar-refractivity contribution in [3.8, 4) is 11.5 Å². The van der Waals surface area contributed by atoms with Crippen LogP contribution in [0.1, 0.15) is 21.6 Å². The number of aromatic nitrogens is 1. The molecule has 0 fully saturated rings. The summed E-state index contributed by atoms with van der Waals surface area (Å²) in [6.07, 6.45) is 1.53. The lowest BCUT2D eigenvalue weighted by Crippen LogP contribution is -2.19. The highest BCUT2D eigenvalue weighted by Gasteiger charge is 2.11. The number of hydrogen-bond acceptors (Lipinski definition) is 6. The Kier molecular flexibility index (Phi) is 5.85. The van der Waals surface area contributed by atoms with E-state index < -0.39 is 4.92 Å². The number of carbonyl (C=O) groups excluding carboxylic acids is 1. The Morgan fingerprint density at radius 3 is 2.38 bits per heavy atom. The van der Waals surface area contributed by atoms with Crippen molar-refractivity contribution in [3.63, 3.8) is 0 Å². The number of aryl methyl sites for hydroxylation is 1. The maximum atomic E-state index is 12.5. The molecule has 4 aromatic rings. The average molecular weight is 426 g/mol. The molecule has 1 heterocycles. The molecule has 0 atom stereocenters. The monoisotopic (exact) mass is 426 g/mol. The van der Waals surface area contributed by atoms with Crippen molar-refractivity contribution in [2.45, 2.75) is 6.92 Å². The van der Waals surface area contributed by atoms with Crippen molar-refractivity contribution < 1.29 is 14.5 Å². The second-order valence-corrected chi connectivity index (χ2v) is 6.94. The third-order valence-corrected chi connectivity index (χ3v) is 4.70. The Balaban J connectivity index is 1.38. The molecule has 8 heteroatoms. The van der Waals surface area contributed by atoms with Crippen LogP contribution in [0.25, 0.3) is 10.9 Å². The van der Waals surface area contributed by atoms with E-state index in [-0.39, 0.29) is 11.6 Å². The van der Waals surface area contributed by atoms with Crippen LogP contribution in [0.15, 0.2) is 84.0 Å². The predicted molar refractivity (Wildman–Crippen MR) is 121 cm³/mol. The van der Waals surface area contributed by atoms with Gasteiger partial charge in [-0.2, -0.15) is 5.10 Å². The van der Waals surface area contributed by atoms with Crippen LogP contribution in [0.3, 0.4) is 0 Å². The minimum atomic E-state index is -0.464. The minimum Gasteiger partial charge on any atom is -0.457 e. The van der Waals surface area contributed by atoms with E-state index >= 15 is 0 Å². The molecule has 0 saturated heterocycles. The zero-order valence-electron chi connectivity index (χ0n) is 17.1. The highest BCUT2D eigenvalue weighted by atomic mass is 16.6. The van der Waals surface area contributed by atoms with Gasteiger partial charge in [-0.05, 0) is 61.0 Å². The normalized spacial score (nSPS) is 10.9. The molecule has 0 saturated carbocycles. The third-order valence-electron chi connectivity index (χ3n) is 4.70. The molecule has 0 unspecified atom stereocenters. The second kappa shape index (κ2) is 9.05. The maximum Gasteiger partial charge on any atom is 0.273 e. The van der Waals surface area contributed by atoms with Gasteiger partial charge in [0.2, 0.25) is 0 Å². The van der Waals surface area contributed by atoms with Gasteiger partial charge in [-0.25, -0.2) is 5.43 Å². The van der Waals surface area contributed by atoms with E-state index in [0.29, 0.717) is 22.8 Å². The van der Waals surface area contributed by atoms with Crippen molar-refractivity contribution in [3.05, 3.63) is 106 Å². The molecule has 0 aliphatic carbocycles. The van der Waals surface area contributed by atoms with Crippen LogP contribution in [-0.4, -0.2) is 22.0 Å². The molecule has 4 rings (SSSR count). The molecule has 0 bridgehead atoms. The number of para-hydroxylation sites is 1. The molecular weight excluding hydrogens is 408 g/mol. The number of fused-ring (bicyclic) bond motifs is 1. The lowest BCUT2D eigenvalue weighted by atomic mass is 10.1. The smallest absolute Gasteiger partial charge is 0.273 e. The highest BCUT2D eigenvalue weighted by Crippen LogP contribution is 2.24. The molecular formula is C24H18N4O4. The molecule has 0 radical (unpaired) electrons. The van der Waals surface area contributed by atoms with Gasteiger partial charge in [0.05, 0.1) is 27.9 Å². The number of non-ortho nitro benzene ring substituents is 1. The number of nitrogens with one attached hydrogen (secondary N) is 1. The van der Waals surface area contributed by atoms with E-state index in [0.717, 1.165) is 16.5 Å². The van der Waals surface area contributed by atoms with Crippen LogP contribution >= 0.6 is 0 Å². The van der Waals surface area contributed by atoms with E-state index in [1.165, 1.54) is 30.5 Å². The fourth-order valence-electron chi connectivity index (χ4n) is 3.06. The van der Waals surface area contributed by atoms with Gasteiger partial charge in [-0.3, -0.25) is 19.9 Å². The largest absolute Gasteiger partial charge is 0.457 e. The van der Waals surface area contributed by atoms with Crippen molar-refractivity contribution in [1.82, 2.24) is 10.4 Å². The van der Waals surface area contributed by atoms with E-state index in [9.17, 15) is 14.9 Å². The van der Waals surface area contributed by atoms with E-state index in [1.807, 2.05) is 24.3 Å². The number of nitro benzene ring substituents is 1. The second-order valence-electron chi connectivity index (χ2n) is 6.94. The number of hydrazone groups is 1. The lowest BCUT2D eigenvalue weighted by molar-refractivity contribution is -0.384. The Hall–Kier alpha value is -4.59. The molecule has 0 aliphatic heterocycles. The number of amides is 1. The first-order valence-electron chi connectivity index (χ1n) is 9.72. The zero-order valence-corrected chi connectivity index (χ0v) is 17.1. The summed E-state index contributed by atoms with van der Waals surface area (Å²) in [5.41, 5.74) is 5.21. The summed E-state index contributed by atoms with van der Waals surface area (Å²) >= 11 is 0. The number of pyridine rings is 1. The third kappa shape index (κ3) is 4.76. The van der Waals surface area contributed by atoms with Crippen LogP contribution in [-0.2, 0) is 0 Å². The summed E-state index contributed by atoms with van der Waals surface area (Å²) < 4.78 is 5.67. The van der Waals surface area contributed by atoms with E-state index in [4.69, 9.17) is 4.74 Å². The van der Waals surface area contributed by atoms with Gasteiger partial charge in [-0.15, -0.1) is 0 Å². The van der Waals surface area contributed by atoms with Crippen LogP contribution < -0.4 is 10.2 Å². The van der Waals surface area contributed by atoms with Crippen molar-refractivity contribution in [2.24, 2.45) is 5.10 Å². The summed E-state index contributed by atoms with van der Waals surface area (Å²) in [6, 6.07) is 22.3. The van der Waals surface area contributed by atoms with Gasteiger partial charge in [0.15, 0.2) is 0 Å². The van der Waals surface area contributed by atoms with Crippen LogP contribution in [0.4, 0.5) is 5.69 Å². The molecule has 158 valence electrons. The average Bonchev–Trinajstić information content (AvgIpc) is 2.80. The predicted octanol–water partition coefficient (Wildman–Crippen LogP) is 5.01. The number of benzene rings is 3. The number of nitrogens with zero attached hydrogens (tertiary/aromatic N) is 3. The van der Waals surface area contributed by atoms with E-state index in [1.54, 1.807) is 37.3 Å². The molecule has 1 N–H and O–H groups in total. The number of carbonyl (C=O) groups is 1. The zero-order chi connectivity index (χ0) is 22.5. The molecule has 32 heavy (non-hydrogen) atoms. The van der Waals surface area contributed by atoms with Gasteiger partial charge in [0, 0.05) is 17.5 Å². The SMILES string of the molecule is Cc1nc2ccccc2cc1C(=O)N/N=C/c1ccc(Oc2ccc([N+](=O)[O-])cc2)cc1. The molecule has 8 nitrogen and oxygen atoms in total. The Bertz CT molecular complexity index is 1320. The molecule has 0 aliphatic rings. The van der Waals surface area contributed by atoms with Crippen molar-refractivity contribution in [1.29, 1.82) is 0 Å². The Labute approximate surface area is 183 Å². The topological polar surface area (TPSA) is 107 Å². The van der Waals surface area contributed by atoms with Gasteiger partial charge in [-0.1, -0.05) is 18.2 Å². The van der Waals surface area contributed by atoms with Crippen LogP contribution in [0.2, 0.25) is 0 Å². The van der Waals surface area contributed by atoms with Crippen LogP contribution in [0, 0.1) is 17.0 Å². The standard InChI is InChI=1S/C24H18N4O4/c1-16-22(14-18-4-2-3-5-23(18)26-16)24(29)27-25-15-17-6-10-20(11-7-17)32-21-12-8-19(9-13-21)28(30)31/h2-15H,1H3,(H,27,29)/b25-15+. The van der Waals surface area contributed by atoms with Crippen molar-refractivity contribution in [2.75, 3.05) is 0 Å². The lowest BCUT2D eigenvalue weighted by Gasteiger charge is -2.06. The van der Waals surface area contributed by atoms with Gasteiger partial charge < -0.3 is 4.74 Å². The first kappa shape index (κ1) is 20.7. The molecule has 3 aromatic carbocycles. The fourth-order valence-corrected chi connectivity index (χ4v) is 3.06. The summed E-state index contributed by atoms with van der Waals surface area (Å²) in [5.74, 6) is 0.719. The molecule has 1 aromatic heterocycles. The maximum absolute atomic E-state index is 12.5. The van der Waals surface area contributed by atoms with Crippen molar-refractivity contribution >= 4 is 28.7 Å². The van der Waals surface area contributed by atoms with Gasteiger partial charge in [0.1, 0.15) is 11.5 Å². The first-order valence-corrected chi connectivity index (χ1v) is 9.72. The minimum absolute atomic E-state index is 0.000575. The fraction of sp³-hybridized carbons (Fsp3) is 0.0417. The number of ether oxygens (including phenoxy) is 1. The highest BCUT2D eigenvalue weighted by molar-refractivity contribution is 5.99. The molecule has 1 amide bonds. The Morgan fingerprint density at radius 2 is 1.69 bits per heavy atom. The number of rotatable bonds is 6. The molecule has 0 spiro atoms. The van der Waals surface area contributed by atoms with Gasteiger partial charge >= 0.3 is 0 Å². The first-order chi connectivity index (χ1) is 15.5. The summed E-state index contributed by atoms with van der Waals surface area (Å²) in [5, 5.41) is 15.6. The number of nitro groups is 1.